The Bertz CT molecular complexity index is 537. The number of imide groups is 1. The first-order chi connectivity index (χ1) is 9.50. The Balaban J connectivity index is 2.10. The number of unbranched alkanes of at least 4 members (excludes halogenated alkanes) is 1. The van der Waals surface area contributed by atoms with Gasteiger partial charge >= 0.3 is 6.03 Å². The fourth-order valence-electron chi connectivity index (χ4n) is 2.29. The number of furan rings is 1. The largest absolute Gasteiger partial charge is 0.456 e. The van der Waals surface area contributed by atoms with Gasteiger partial charge in [0, 0.05) is 0 Å². The van der Waals surface area contributed by atoms with Crippen molar-refractivity contribution in [2.75, 3.05) is 0 Å². The Morgan fingerprint density at radius 2 is 2.15 bits per heavy atom. The fourth-order valence-corrected chi connectivity index (χ4v) is 2.29. The molecule has 0 aromatic carbocycles. The summed E-state index contributed by atoms with van der Waals surface area (Å²) in [5.41, 5.74) is -0.840. The fraction of sp³-hybridized carbons (Fsp3) is 0.500. The highest BCUT2D eigenvalue weighted by atomic mass is 16.3. The lowest BCUT2D eigenvalue weighted by Gasteiger charge is -2.20. The molecule has 1 N–H and O–H groups in total. The van der Waals surface area contributed by atoms with Crippen molar-refractivity contribution >= 4 is 18.2 Å². The summed E-state index contributed by atoms with van der Waals surface area (Å²) in [5.74, 6) is 0.344. The highest BCUT2D eigenvalue weighted by molar-refractivity contribution is 6.06. The van der Waals surface area contributed by atoms with Crippen LogP contribution in [0.4, 0.5) is 4.79 Å². The van der Waals surface area contributed by atoms with Gasteiger partial charge in [-0.3, -0.25) is 14.5 Å². The molecule has 2 heterocycles. The van der Waals surface area contributed by atoms with Crippen LogP contribution in [0.3, 0.4) is 0 Å². The van der Waals surface area contributed by atoms with Crippen molar-refractivity contribution in [3.63, 3.8) is 0 Å². The summed E-state index contributed by atoms with van der Waals surface area (Å²) in [5, 5.41) is 2.73. The predicted molar refractivity (Wildman–Crippen MR) is 71.1 cm³/mol. The van der Waals surface area contributed by atoms with Crippen LogP contribution in [0.2, 0.25) is 0 Å². The minimum absolute atomic E-state index is 0.0419. The Morgan fingerprint density at radius 3 is 2.75 bits per heavy atom. The lowest BCUT2D eigenvalue weighted by atomic mass is 9.95. The van der Waals surface area contributed by atoms with Crippen LogP contribution in [-0.2, 0) is 11.3 Å². The van der Waals surface area contributed by atoms with Crippen LogP contribution in [0.25, 0.3) is 0 Å². The highest BCUT2D eigenvalue weighted by Gasteiger charge is 2.47. The van der Waals surface area contributed by atoms with Gasteiger partial charge in [-0.15, -0.1) is 0 Å². The molecule has 1 aliphatic rings. The van der Waals surface area contributed by atoms with E-state index in [1.54, 1.807) is 13.0 Å². The number of carbonyl (C=O) groups is 3. The molecule has 1 aromatic heterocycles. The molecular formula is C14H18N2O4. The number of urea groups is 1. The number of hydrogen-bond donors (Lipinski definition) is 1. The normalized spacial score (nSPS) is 22.2. The van der Waals surface area contributed by atoms with Crippen molar-refractivity contribution in [2.24, 2.45) is 0 Å². The molecule has 1 aromatic rings. The summed E-state index contributed by atoms with van der Waals surface area (Å²) in [7, 11) is 0. The number of carbonyl (C=O) groups excluding carboxylic acids is 3. The quantitative estimate of drug-likeness (QED) is 0.638. The molecule has 0 radical (unpaired) electrons. The molecule has 108 valence electrons. The summed E-state index contributed by atoms with van der Waals surface area (Å²) in [4.78, 5) is 36.0. The Hall–Kier alpha value is -2.11. The van der Waals surface area contributed by atoms with Crippen LogP contribution in [0.15, 0.2) is 16.5 Å². The number of amides is 3. The molecule has 0 bridgehead atoms. The van der Waals surface area contributed by atoms with Gasteiger partial charge < -0.3 is 9.73 Å². The molecule has 1 unspecified atom stereocenters. The zero-order valence-corrected chi connectivity index (χ0v) is 11.6. The van der Waals surface area contributed by atoms with Crippen LogP contribution in [0, 0.1) is 0 Å². The topological polar surface area (TPSA) is 79.6 Å². The summed E-state index contributed by atoms with van der Waals surface area (Å²) in [6.07, 6.45) is 3.02. The molecule has 6 heteroatoms. The van der Waals surface area contributed by atoms with E-state index in [1.165, 1.54) is 6.07 Å². The van der Waals surface area contributed by atoms with E-state index >= 15 is 0 Å². The van der Waals surface area contributed by atoms with Crippen molar-refractivity contribution in [2.45, 2.75) is 45.2 Å². The Labute approximate surface area is 117 Å². The molecule has 2 rings (SSSR count). The van der Waals surface area contributed by atoms with E-state index in [0.29, 0.717) is 18.5 Å². The Morgan fingerprint density at radius 1 is 1.40 bits per heavy atom. The third kappa shape index (κ3) is 2.59. The van der Waals surface area contributed by atoms with Crippen molar-refractivity contribution in [1.82, 2.24) is 10.2 Å². The van der Waals surface area contributed by atoms with E-state index in [1.807, 2.05) is 6.92 Å². The van der Waals surface area contributed by atoms with E-state index in [0.717, 1.165) is 17.7 Å². The molecule has 0 saturated carbocycles. The average molecular weight is 278 g/mol. The van der Waals surface area contributed by atoms with Crippen LogP contribution in [-0.4, -0.2) is 28.7 Å². The van der Waals surface area contributed by atoms with Gasteiger partial charge in [0.15, 0.2) is 12.0 Å². The van der Waals surface area contributed by atoms with Gasteiger partial charge in [-0.2, -0.15) is 0 Å². The van der Waals surface area contributed by atoms with Gasteiger partial charge in [0.1, 0.15) is 11.3 Å². The predicted octanol–water partition coefficient (Wildman–Crippen LogP) is 2.09. The summed E-state index contributed by atoms with van der Waals surface area (Å²) in [6, 6.07) is 2.68. The Kier molecular flexibility index (Phi) is 3.92. The molecule has 1 atom stereocenters. The second-order valence-electron chi connectivity index (χ2n) is 5.18. The van der Waals surface area contributed by atoms with Crippen LogP contribution in [0.5, 0.6) is 0 Å². The van der Waals surface area contributed by atoms with E-state index < -0.39 is 11.6 Å². The molecule has 0 aliphatic carbocycles. The number of hydrogen-bond acceptors (Lipinski definition) is 4. The molecule has 20 heavy (non-hydrogen) atoms. The second kappa shape index (κ2) is 5.48. The van der Waals surface area contributed by atoms with Crippen molar-refractivity contribution < 1.29 is 18.8 Å². The molecule has 0 spiro atoms. The van der Waals surface area contributed by atoms with Gasteiger partial charge in [-0.1, -0.05) is 19.8 Å². The van der Waals surface area contributed by atoms with Gasteiger partial charge in [0.05, 0.1) is 6.54 Å². The van der Waals surface area contributed by atoms with E-state index in [9.17, 15) is 14.4 Å². The van der Waals surface area contributed by atoms with Gasteiger partial charge in [0.25, 0.3) is 5.91 Å². The minimum Gasteiger partial charge on any atom is -0.456 e. The SMILES string of the molecule is CCCCC1(C)NC(=O)N(Cc2ccc(C=O)o2)C1=O. The number of nitrogens with zero attached hydrogens (tertiary/aromatic N) is 1. The number of nitrogens with one attached hydrogen (secondary N) is 1. The molecule has 1 aliphatic heterocycles. The number of aldehydes is 1. The maximum Gasteiger partial charge on any atom is 0.325 e. The van der Waals surface area contributed by atoms with Crippen molar-refractivity contribution in [1.29, 1.82) is 0 Å². The minimum atomic E-state index is -0.840. The molecule has 1 saturated heterocycles. The standard InChI is InChI=1S/C14H18N2O4/c1-3-4-7-14(2)12(18)16(13(19)15-14)8-10-5-6-11(9-17)20-10/h5-6,9H,3-4,7-8H2,1-2H3,(H,15,19). The molecular weight excluding hydrogens is 260 g/mol. The highest BCUT2D eigenvalue weighted by Crippen LogP contribution is 2.25. The first-order valence-corrected chi connectivity index (χ1v) is 6.68. The second-order valence-corrected chi connectivity index (χ2v) is 5.18. The van der Waals surface area contributed by atoms with E-state index in [4.69, 9.17) is 4.42 Å². The maximum atomic E-state index is 12.4. The molecule has 1 fully saturated rings. The van der Waals surface area contributed by atoms with Crippen LogP contribution >= 0.6 is 0 Å². The zero-order valence-electron chi connectivity index (χ0n) is 11.6. The zero-order chi connectivity index (χ0) is 14.8. The van der Waals surface area contributed by atoms with Crippen molar-refractivity contribution in [3.05, 3.63) is 23.7 Å². The lowest BCUT2D eigenvalue weighted by molar-refractivity contribution is -0.131. The first kappa shape index (κ1) is 14.3. The van der Waals surface area contributed by atoms with Crippen LogP contribution < -0.4 is 5.32 Å². The van der Waals surface area contributed by atoms with Crippen molar-refractivity contribution in [3.8, 4) is 0 Å². The van der Waals surface area contributed by atoms with E-state index in [2.05, 4.69) is 5.32 Å². The average Bonchev–Trinajstić information content (AvgIpc) is 2.96. The summed E-state index contributed by atoms with van der Waals surface area (Å²) >= 11 is 0. The third-order valence-corrected chi connectivity index (χ3v) is 3.49. The number of rotatable bonds is 6. The maximum absolute atomic E-state index is 12.4. The van der Waals surface area contributed by atoms with Gasteiger partial charge in [0.2, 0.25) is 0 Å². The van der Waals surface area contributed by atoms with E-state index in [-0.39, 0.29) is 18.2 Å². The third-order valence-electron chi connectivity index (χ3n) is 3.49. The summed E-state index contributed by atoms with van der Waals surface area (Å²) in [6.45, 7) is 3.81. The smallest absolute Gasteiger partial charge is 0.325 e. The van der Waals surface area contributed by atoms with Crippen LogP contribution in [0.1, 0.15) is 49.4 Å². The van der Waals surface area contributed by atoms with Gasteiger partial charge in [-0.05, 0) is 25.5 Å². The van der Waals surface area contributed by atoms with Gasteiger partial charge in [-0.25, -0.2) is 4.79 Å². The monoisotopic (exact) mass is 278 g/mol. The molecule has 6 nitrogen and oxygen atoms in total. The first-order valence-electron chi connectivity index (χ1n) is 6.68. The summed E-state index contributed by atoms with van der Waals surface area (Å²) < 4.78 is 5.20. The molecule has 3 amide bonds. The lowest BCUT2D eigenvalue weighted by Crippen LogP contribution is -2.43.